The van der Waals surface area contributed by atoms with Crippen molar-refractivity contribution < 1.29 is 0 Å². The van der Waals surface area contributed by atoms with Gasteiger partial charge in [-0.3, -0.25) is 9.80 Å². The third kappa shape index (κ3) is 4.15. The Hall–Kier alpha value is -1.32. The van der Waals surface area contributed by atoms with E-state index in [1.807, 2.05) is 16.3 Å². The average molecular weight is 406 g/mol. The molecular formula is C18H23N5S3. The number of hydrogen-bond acceptors (Lipinski definition) is 6. The van der Waals surface area contributed by atoms with E-state index in [9.17, 15) is 0 Å². The standard InChI is InChI=1S/C18H23N5S3/c1-20-17(11-16-3-2-9-26-16)19-23(18(20)24)14-22-7-5-21(6-8-22)12-15-4-10-25-13-15/h2-4,9-10,13H,5-8,11-12,14H2,1H3. The van der Waals surface area contributed by atoms with Crippen molar-refractivity contribution in [1.29, 1.82) is 0 Å². The molecule has 4 rings (SSSR count). The van der Waals surface area contributed by atoms with Gasteiger partial charge in [-0.05, 0) is 46.1 Å². The predicted molar refractivity (Wildman–Crippen MR) is 110 cm³/mol. The predicted octanol–water partition coefficient (Wildman–Crippen LogP) is 3.44. The van der Waals surface area contributed by atoms with Crippen LogP contribution in [-0.4, -0.2) is 50.3 Å². The molecule has 0 bridgehead atoms. The molecule has 0 saturated carbocycles. The van der Waals surface area contributed by atoms with Gasteiger partial charge in [-0.25, -0.2) is 4.68 Å². The molecule has 0 radical (unpaired) electrons. The van der Waals surface area contributed by atoms with E-state index >= 15 is 0 Å². The van der Waals surface area contributed by atoms with Gasteiger partial charge in [0, 0.05) is 51.1 Å². The third-order valence-electron chi connectivity index (χ3n) is 4.83. The summed E-state index contributed by atoms with van der Waals surface area (Å²) in [4.78, 5) is 6.29. The number of rotatable bonds is 6. The maximum absolute atomic E-state index is 5.61. The lowest BCUT2D eigenvalue weighted by molar-refractivity contribution is 0.0980. The van der Waals surface area contributed by atoms with Gasteiger partial charge in [0.15, 0.2) is 4.77 Å². The first kappa shape index (κ1) is 18.1. The summed E-state index contributed by atoms with van der Waals surface area (Å²) in [7, 11) is 2.02. The van der Waals surface area contributed by atoms with Gasteiger partial charge in [-0.2, -0.15) is 16.4 Å². The van der Waals surface area contributed by atoms with Crippen molar-refractivity contribution in [2.24, 2.45) is 7.05 Å². The zero-order valence-electron chi connectivity index (χ0n) is 14.9. The third-order valence-corrected chi connectivity index (χ3v) is 6.92. The summed E-state index contributed by atoms with van der Waals surface area (Å²) in [5.41, 5.74) is 1.42. The lowest BCUT2D eigenvalue weighted by Crippen LogP contribution is -2.46. The Morgan fingerprint density at radius 3 is 2.62 bits per heavy atom. The Kier molecular flexibility index (Phi) is 5.66. The maximum Gasteiger partial charge on any atom is 0.198 e. The fraction of sp³-hybridized carbons (Fsp3) is 0.444. The van der Waals surface area contributed by atoms with Gasteiger partial charge in [0.25, 0.3) is 0 Å². The second kappa shape index (κ2) is 8.14. The van der Waals surface area contributed by atoms with Crippen molar-refractivity contribution in [3.05, 3.63) is 55.4 Å². The smallest absolute Gasteiger partial charge is 0.198 e. The Morgan fingerprint density at radius 2 is 1.92 bits per heavy atom. The quantitative estimate of drug-likeness (QED) is 0.588. The highest BCUT2D eigenvalue weighted by Crippen LogP contribution is 2.15. The molecule has 0 atom stereocenters. The summed E-state index contributed by atoms with van der Waals surface area (Å²) in [5.74, 6) is 1.04. The molecule has 1 fully saturated rings. The summed E-state index contributed by atoms with van der Waals surface area (Å²) in [6.07, 6.45) is 0.846. The molecule has 26 heavy (non-hydrogen) atoms. The lowest BCUT2D eigenvalue weighted by Gasteiger charge is -2.34. The topological polar surface area (TPSA) is 29.2 Å². The van der Waals surface area contributed by atoms with Crippen LogP contribution in [-0.2, 0) is 26.7 Å². The first-order valence-electron chi connectivity index (χ1n) is 8.80. The first-order chi connectivity index (χ1) is 12.7. The van der Waals surface area contributed by atoms with Crippen LogP contribution in [0.25, 0.3) is 0 Å². The van der Waals surface area contributed by atoms with Gasteiger partial charge < -0.3 is 4.57 Å². The van der Waals surface area contributed by atoms with Crippen molar-refractivity contribution in [2.45, 2.75) is 19.6 Å². The van der Waals surface area contributed by atoms with Crippen molar-refractivity contribution in [3.63, 3.8) is 0 Å². The highest BCUT2D eigenvalue weighted by Gasteiger charge is 2.19. The van der Waals surface area contributed by atoms with E-state index in [2.05, 4.69) is 44.1 Å². The highest BCUT2D eigenvalue weighted by molar-refractivity contribution is 7.71. The van der Waals surface area contributed by atoms with Crippen LogP contribution < -0.4 is 0 Å². The minimum atomic E-state index is 0.781. The Bertz CT molecular complexity index is 871. The molecule has 3 aromatic rings. The van der Waals surface area contributed by atoms with Crippen LogP contribution in [0, 0.1) is 4.77 Å². The molecule has 138 valence electrons. The van der Waals surface area contributed by atoms with E-state index in [4.69, 9.17) is 17.3 Å². The highest BCUT2D eigenvalue weighted by atomic mass is 32.1. The molecule has 1 aliphatic heterocycles. The van der Waals surface area contributed by atoms with Crippen LogP contribution in [0.4, 0.5) is 0 Å². The number of nitrogens with zero attached hydrogens (tertiary/aromatic N) is 5. The van der Waals surface area contributed by atoms with Crippen LogP contribution in [0.2, 0.25) is 0 Å². The van der Waals surface area contributed by atoms with Crippen LogP contribution in [0.3, 0.4) is 0 Å². The first-order valence-corrected chi connectivity index (χ1v) is 11.0. The molecule has 8 heteroatoms. The molecular weight excluding hydrogens is 382 g/mol. The fourth-order valence-corrected chi connectivity index (χ4v) is 4.83. The largest absolute Gasteiger partial charge is 0.307 e. The molecule has 0 spiro atoms. The van der Waals surface area contributed by atoms with E-state index in [0.29, 0.717) is 0 Å². The lowest BCUT2D eigenvalue weighted by atomic mass is 10.2. The van der Waals surface area contributed by atoms with Gasteiger partial charge in [0.05, 0.1) is 6.67 Å². The summed E-state index contributed by atoms with van der Waals surface area (Å²) in [5, 5.41) is 11.3. The maximum atomic E-state index is 5.61. The van der Waals surface area contributed by atoms with E-state index in [0.717, 1.165) is 56.4 Å². The van der Waals surface area contributed by atoms with Crippen molar-refractivity contribution >= 4 is 34.9 Å². The minimum absolute atomic E-state index is 0.781. The Labute approximate surface area is 167 Å². The van der Waals surface area contributed by atoms with E-state index in [1.54, 1.807) is 22.7 Å². The van der Waals surface area contributed by atoms with Crippen molar-refractivity contribution in [2.75, 3.05) is 26.2 Å². The van der Waals surface area contributed by atoms with Gasteiger partial charge in [0.2, 0.25) is 0 Å². The molecule has 0 N–H and O–H groups in total. The molecule has 1 aliphatic rings. The van der Waals surface area contributed by atoms with Crippen LogP contribution in [0.15, 0.2) is 34.3 Å². The molecule has 0 amide bonds. The molecule has 3 aromatic heterocycles. The minimum Gasteiger partial charge on any atom is -0.307 e. The van der Waals surface area contributed by atoms with Gasteiger partial charge in [-0.15, -0.1) is 11.3 Å². The van der Waals surface area contributed by atoms with Crippen LogP contribution in [0.1, 0.15) is 16.3 Å². The Balaban J connectivity index is 1.35. The fourth-order valence-electron chi connectivity index (χ4n) is 3.27. The monoisotopic (exact) mass is 405 g/mol. The molecule has 0 aliphatic carbocycles. The van der Waals surface area contributed by atoms with Crippen molar-refractivity contribution in [3.8, 4) is 0 Å². The number of piperazine rings is 1. The van der Waals surface area contributed by atoms with Gasteiger partial charge >= 0.3 is 0 Å². The zero-order valence-corrected chi connectivity index (χ0v) is 17.3. The average Bonchev–Trinajstić information content (AvgIpc) is 3.38. The summed E-state index contributed by atoms with van der Waals surface area (Å²) >= 11 is 9.15. The van der Waals surface area contributed by atoms with Crippen molar-refractivity contribution in [1.82, 2.24) is 24.1 Å². The normalized spacial score (nSPS) is 16.3. The number of aromatic nitrogens is 3. The van der Waals surface area contributed by atoms with E-state index in [1.165, 1.54) is 10.4 Å². The van der Waals surface area contributed by atoms with Gasteiger partial charge in [-0.1, -0.05) is 6.07 Å². The zero-order chi connectivity index (χ0) is 17.9. The van der Waals surface area contributed by atoms with E-state index in [-0.39, 0.29) is 0 Å². The number of thiophene rings is 2. The second-order valence-corrected chi connectivity index (χ2v) is 8.86. The molecule has 0 aromatic carbocycles. The second-order valence-electron chi connectivity index (χ2n) is 6.68. The van der Waals surface area contributed by atoms with Gasteiger partial charge in [0.1, 0.15) is 5.82 Å². The molecule has 5 nitrogen and oxygen atoms in total. The van der Waals surface area contributed by atoms with Crippen LogP contribution in [0.5, 0.6) is 0 Å². The summed E-state index contributed by atoms with van der Waals surface area (Å²) < 4.78 is 4.83. The molecule has 1 saturated heterocycles. The molecule has 4 heterocycles. The Morgan fingerprint density at radius 1 is 1.12 bits per heavy atom. The van der Waals surface area contributed by atoms with Crippen LogP contribution >= 0.6 is 34.9 Å². The van der Waals surface area contributed by atoms with E-state index < -0.39 is 0 Å². The summed E-state index contributed by atoms with van der Waals surface area (Å²) in [6.45, 7) is 6.15. The molecule has 0 unspecified atom stereocenters. The number of hydrogen-bond donors (Lipinski definition) is 0. The summed E-state index contributed by atoms with van der Waals surface area (Å²) in [6, 6.07) is 6.46. The SMILES string of the molecule is Cn1c(Cc2cccs2)nn(CN2CCN(Cc3ccsc3)CC2)c1=S.